The van der Waals surface area contributed by atoms with Crippen molar-refractivity contribution in [2.45, 2.75) is 31.8 Å². The summed E-state index contributed by atoms with van der Waals surface area (Å²) in [6, 6.07) is 10.1. The number of hydrogen-bond donors (Lipinski definition) is 2. The van der Waals surface area contributed by atoms with E-state index in [0.29, 0.717) is 17.4 Å². The monoisotopic (exact) mass is 456 g/mol. The van der Waals surface area contributed by atoms with Gasteiger partial charge in [0.2, 0.25) is 0 Å². The summed E-state index contributed by atoms with van der Waals surface area (Å²) in [7, 11) is 4.06. The summed E-state index contributed by atoms with van der Waals surface area (Å²) in [6.45, 7) is 3.25. The van der Waals surface area contributed by atoms with Gasteiger partial charge in [-0.1, -0.05) is 6.07 Å². The van der Waals surface area contributed by atoms with Gasteiger partial charge in [0, 0.05) is 60.8 Å². The van der Waals surface area contributed by atoms with Crippen LogP contribution in [-0.2, 0) is 7.05 Å². The highest BCUT2D eigenvalue weighted by Crippen LogP contribution is 2.34. The number of carbonyl (C=O) groups excluding carboxylic acids is 1. The number of piperidine rings is 1. The van der Waals surface area contributed by atoms with Crippen LogP contribution >= 0.6 is 0 Å². The molecular formula is C25H28N8O. The van der Waals surface area contributed by atoms with Crippen LogP contribution in [-0.4, -0.2) is 61.4 Å². The van der Waals surface area contributed by atoms with E-state index in [2.05, 4.69) is 55.9 Å². The molecule has 1 saturated heterocycles. The van der Waals surface area contributed by atoms with Crippen LogP contribution in [0.5, 0.6) is 0 Å². The van der Waals surface area contributed by atoms with Gasteiger partial charge in [-0.25, -0.2) is 0 Å². The lowest BCUT2D eigenvalue weighted by molar-refractivity contribution is 0.102. The number of fused-ring (bicyclic) bond motifs is 1. The van der Waals surface area contributed by atoms with E-state index in [9.17, 15) is 4.79 Å². The Labute approximate surface area is 198 Å². The first-order valence-corrected chi connectivity index (χ1v) is 11.5. The number of benzene rings is 1. The molecule has 0 aliphatic carbocycles. The second kappa shape index (κ2) is 9.18. The van der Waals surface area contributed by atoms with Crippen LogP contribution in [0.4, 0.5) is 11.5 Å². The quantitative estimate of drug-likeness (QED) is 0.473. The molecule has 3 aromatic heterocycles. The zero-order valence-electron chi connectivity index (χ0n) is 19.6. The summed E-state index contributed by atoms with van der Waals surface area (Å²) in [6.07, 6.45) is 9.02. The Morgan fingerprint density at radius 1 is 1.09 bits per heavy atom. The Bertz CT molecular complexity index is 1320. The van der Waals surface area contributed by atoms with Crippen LogP contribution in [0.3, 0.4) is 0 Å². The Balaban J connectivity index is 1.56. The molecule has 1 amide bonds. The second-order valence-corrected chi connectivity index (χ2v) is 8.94. The topological polar surface area (TPSA) is 101 Å². The highest BCUT2D eigenvalue weighted by atomic mass is 16.1. The number of hydrogen-bond acceptors (Lipinski definition) is 7. The van der Waals surface area contributed by atoms with Crippen LogP contribution in [0.2, 0.25) is 0 Å². The summed E-state index contributed by atoms with van der Waals surface area (Å²) >= 11 is 0. The zero-order valence-corrected chi connectivity index (χ0v) is 19.6. The number of pyridine rings is 1. The maximum absolute atomic E-state index is 12.9. The van der Waals surface area contributed by atoms with Crippen molar-refractivity contribution in [1.82, 2.24) is 29.9 Å². The minimum absolute atomic E-state index is 0.251. The van der Waals surface area contributed by atoms with Crippen LogP contribution in [0.15, 0.2) is 55.1 Å². The van der Waals surface area contributed by atoms with E-state index < -0.39 is 0 Å². The van der Waals surface area contributed by atoms with Crippen molar-refractivity contribution in [3.05, 3.63) is 60.7 Å². The molecule has 4 heterocycles. The molecule has 9 heteroatoms. The molecule has 0 bridgehead atoms. The average Bonchev–Trinajstić information content (AvgIpc) is 3.29. The fraction of sp³-hybridized carbons (Fsp3) is 0.320. The van der Waals surface area contributed by atoms with Gasteiger partial charge in [-0.3, -0.25) is 14.5 Å². The summed E-state index contributed by atoms with van der Waals surface area (Å²) in [5.41, 5.74) is 4.11. The molecule has 9 nitrogen and oxygen atoms in total. The number of amides is 1. The second-order valence-electron chi connectivity index (χ2n) is 8.94. The fourth-order valence-corrected chi connectivity index (χ4v) is 4.40. The molecule has 2 N–H and O–H groups in total. The third kappa shape index (κ3) is 4.47. The minimum atomic E-state index is -0.251. The van der Waals surface area contributed by atoms with Gasteiger partial charge in [-0.2, -0.15) is 5.10 Å². The molecule has 1 aliphatic rings. The number of nitrogens with one attached hydrogen (secondary N) is 2. The van der Waals surface area contributed by atoms with Crippen molar-refractivity contribution in [2.24, 2.45) is 7.05 Å². The number of carbonyl (C=O) groups is 1. The smallest absolute Gasteiger partial charge is 0.257 e. The lowest BCUT2D eigenvalue weighted by Crippen LogP contribution is -2.42. The predicted octanol–water partition coefficient (Wildman–Crippen LogP) is 3.57. The normalized spacial score (nSPS) is 18.7. The molecular weight excluding hydrogens is 428 g/mol. The van der Waals surface area contributed by atoms with Crippen molar-refractivity contribution in [3.63, 3.8) is 0 Å². The van der Waals surface area contributed by atoms with E-state index in [0.717, 1.165) is 47.1 Å². The number of aromatic nitrogens is 5. The third-order valence-electron chi connectivity index (χ3n) is 6.53. The van der Waals surface area contributed by atoms with Crippen molar-refractivity contribution in [3.8, 4) is 11.1 Å². The SMILES string of the molecule is CC1CC(Nc2c(NC(=O)c3ccncc3)nnc3ccc(-c4cnn(C)c4)cc23)CCN1C. The van der Waals surface area contributed by atoms with Crippen molar-refractivity contribution in [2.75, 3.05) is 24.2 Å². The number of anilines is 2. The molecule has 2 atom stereocenters. The van der Waals surface area contributed by atoms with Crippen LogP contribution in [0, 0.1) is 0 Å². The van der Waals surface area contributed by atoms with E-state index >= 15 is 0 Å². The maximum atomic E-state index is 12.9. The lowest BCUT2D eigenvalue weighted by Gasteiger charge is -2.36. The summed E-state index contributed by atoms with van der Waals surface area (Å²) in [5, 5.41) is 20.7. The van der Waals surface area contributed by atoms with Gasteiger partial charge in [-0.05, 0) is 56.6 Å². The van der Waals surface area contributed by atoms with Crippen molar-refractivity contribution in [1.29, 1.82) is 0 Å². The first-order valence-electron chi connectivity index (χ1n) is 11.5. The standard InChI is InChI=1S/C25H28N8O/c1-16-12-20(8-11-32(16)2)28-23-21-13-18(19-14-27-33(3)15-19)4-5-22(21)30-31-24(23)29-25(34)17-6-9-26-10-7-17/h4-7,9-10,13-16,20H,8,11-12H2,1-3H3,(H,28,30)(H,29,31,34). The lowest BCUT2D eigenvalue weighted by atomic mass is 9.98. The molecule has 0 spiro atoms. The summed E-state index contributed by atoms with van der Waals surface area (Å²) < 4.78 is 1.78. The molecule has 4 aromatic rings. The van der Waals surface area contributed by atoms with E-state index in [-0.39, 0.29) is 11.9 Å². The van der Waals surface area contributed by atoms with Crippen molar-refractivity contribution >= 4 is 28.3 Å². The molecule has 5 rings (SSSR count). The number of nitrogens with zero attached hydrogens (tertiary/aromatic N) is 6. The van der Waals surface area contributed by atoms with Gasteiger partial charge in [0.05, 0.1) is 17.4 Å². The predicted molar refractivity (Wildman–Crippen MR) is 133 cm³/mol. The average molecular weight is 457 g/mol. The summed E-state index contributed by atoms with van der Waals surface area (Å²) in [4.78, 5) is 19.3. The van der Waals surface area contributed by atoms with E-state index in [1.165, 1.54) is 0 Å². The van der Waals surface area contributed by atoms with Gasteiger partial charge in [0.15, 0.2) is 5.82 Å². The molecule has 2 unspecified atom stereocenters. The Morgan fingerprint density at radius 3 is 2.65 bits per heavy atom. The zero-order chi connectivity index (χ0) is 23.7. The van der Waals surface area contributed by atoms with Crippen LogP contribution in [0.25, 0.3) is 22.0 Å². The first-order chi connectivity index (χ1) is 16.5. The molecule has 1 fully saturated rings. The van der Waals surface area contributed by atoms with Crippen LogP contribution in [0.1, 0.15) is 30.1 Å². The molecule has 0 saturated carbocycles. The molecule has 0 radical (unpaired) electrons. The highest BCUT2D eigenvalue weighted by Gasteiger charge is 2.25. The fourth-order valence-electron chi connectivity index (χ4n) is 4.40. The molecule has 1 aliphatic heterocycles. The largest absolute Gasteiger partial charge is 0.379 e. The molecule has 174 valence electrons. The van der Waals surface area contributed by atoms with Gasteiger partial charge < -0.3 is 15.5 Å². The molecule has 1 aromatic carbocycles. The Morgan fingerprint density at radius 2 is 1.91 bits per heavy atom. The maximum Gasteiger partial charge on any atom is 0.257 e. The van der Waals surface area contributed by atoms with E-state index in [1.807, 2.05) is 31.6 Å². The van der Waals surface area contributed by atoms with Gasteiger partial charge in [-0.15, -0.1) is 10.2 Å². The van der Waals surface area contributed by atoms with E-state index in [4.69, 9.17) is 0 Å². The Hall–Kier alpha value is -3.85. The van der Waals surface area contributed by atoms with E-state index in [1.54, 1.807) is 29.2 Å². The van der Waals surface area contributed by atoms with Crippen LogP contribution < -0.4 is 10.6 Å². The van der Waals surface area contributed by atoms with Gasteiger partial charge in [0.1, 0.15) is 0 Å². The third-order valence-corrected chi connectivity index (χ3v) is 6.53. The highest BCUT2D eigenvalue weighted by molar-refractivity contribution is 6.08. The number of likely N-dealkylation sites (tertiary alicyclic amines) is 1. The Kier molecular flexibility index (Phi) is 5.93. The van der Waals surface area contributed by atoms with Gasteiger partial charge >= 0.3 is 0 Å². The first kappa shape index (κ1) is 22.0. The molecule has 34 heavy (non-hydrogen) atoms. The number of rotatable bonds is 5. The minimum Gasteiger partial charge on any atom is -0.379 e. The van der Waals surface area contributed by atoms with Crippen molar-refractivity contribution < 1.29 is 4.79 Å². The number of aryl methyl sites for hydroxylation is 1. The summed E-state index contributed by atoms with van der Waals surface area (Å²) in [5.74, 6) is 0.170. The van der Waals surface area contributed by atoms with Gasteiger partial charge in [0.25, 0.3) is 5.91 Å².